The van der Waals surface area contributed by atoms with Crippen molar-refractivity contribution in [2.75, 3.05) is 0 Å². The minimum atomic E-state index is -0.310. The van der Waals surface area contributed by atoms with Crippen molar-refractivity contribution in [2.24, 2.45) is 0 Å². The zero-order chi connectivity index (χ0) is 13.0. The third-order valence-corrected chi connectivity index (χ3v) is 3.60. The Balaban J connectivity index is 1.93. The van der Waals surface area contributed by atoms with Crippen molar-refractivity contribution in [3.8, 4) is 0 Å². The zero-order valence-electron chi connectivity index (χ0n) is 9.94. The van der Waals surface area contributed by atoms with E-state index in [2.05, 4.69) is 5.32 Å². The average Bonchev–Trinajstić information content (AvgIpc) is 2.68. The zero-order valence-corrected chi connectivity index (χ0v) is 9.94. The molecule has 1 heterocycles. The third kappa shape index (κ3) is 1.27. The lowest BCUT2D eigenvalue weighted by Crippen LogP contribution is -2.20. The molecule has 0 bridgehead atoms. The largest absolute Gasteiger partial charge is 0.288 e. The minimum absolute atomic E-state index is 0.305. The molecule has 0 radical (unpaired) electrons. The Morgan fingerprint density at radius 2 is 1.47 bits per heavy atom. The van der Waals surface area contributed by atoms with Crippen LogP contribution in [0.3, 0.4) is 0 Å². The van der Waals surface area contributed by atoms with Gasteiger partial charge in [-0.15, -0.1) is 0 Å². The number of carbonyl (C=O) groups is 2. The summed E-state index contributed by atoms with van der Waals surface area (Å²) < 4.78 is 0. The van der Waals surface area contributed by atoms with Gasteiger partial charge in [0.05, 0.1) is 11.1 Å². The summed E-state index contributed by atoms with van der Waals surface area (Å²) in [6.07, 6.45) is 2.04. The van der Waals surface area contributed by atoms with Crippen LogP contribution in [0.2, 0.25) is 0 Å². The number of carbonyl (C=O) groups excluding carboxylic acids is 2. The van der Waals surface area contributed by atoms with E-state index < -0.39 is 0 Å². The maximum atomic E-state index is 11.9. The van der Waals surface area contributed by atoms with Gasteiger partial charge in [0, 0.05) is 0 Å². The highest BCUT2D eigenvalue weighted by Crippen LogP contribution is 2.39. The third-order valence-electron chi connectivity index (χ3n) is 3.60. The molecule has 0 aromatic heterocycles. The first-order valence-corrected chi connectivity index (χ1v) is 6.06. The molecular weight excluding hydrogens is 238 g/mol. The lowest BCUT2D eigenvalue weighted by Gasteiger charge is -2.21. The molecule has 0 saturated heterocycles. The predicted molar refractivity (Wildman–Crippen MR) is 71.7 cm³/mol. The predicted octanol–water partition coefficient (Wildman–Crippen LogP) is 2.47. The number of hydrogen-bond acceptors (Lipinski definition) is 2. The molecular formula is C16H9NO2. The Morgan fingerprint density at radius 3 is 2.32 bits per heavy atom. The molecule has 0 saturated carbocycles. The Hall–Kier alpha value is -2.68. The molecule has 3 heteroatoms. The van der Waals surface area contributed by atoms with Gasteiger partial charge in [-0.05, 0) is 34.4 Å². The number of rotatable bonds is 1. The maximum Gasteiger partial charge on any atom is 0.259 e. The van der Waals surface area contributed by atoms with E-state index in [1.54, 1.807) is 6.07 Å². The number of fused-ring (bicyclic) bond motifs is 2. The van der Waals surface area contributed by atoms with E-state index >= 15 is 0 Å². The van der Waals surface area contributed by atoms with Gasteiger partial charge in [0.1, 0.15) is 0 Å². The second-order valence-electron chi connectivity index (χ2n) is 4.66. The fourth-order valence-corrected chi connectivity index (χ4v) is 2.69. The molecule has 2 aromatic carbocycles. The lowest BCUT2D eigenvalue weighted by atomic mass is 9.82. The molecule has 1 aliphatic heterocycles. The van der Waals surface area contributed by atoms with Crippen molar-refractivity contribution in [3.63, 3.8) is 0 Å². The van der Waals surface area contributed by atoms with Crippen LogP contribution in [0, 0.1) is 0 Å². The molecule has 0 unspecified atom stereocenters. The van der Waals surface area contributed by atoms with Crippen LogP contribution < -0.4 is 5.32 Å². The first kappa shape index (κ1) is 10.3. The number of hydrogen-bond donors (Lipinski definition) is 1. The summed E-state index contributed by atoms with van der Waals surface area (Å²) in [5.41, 5.74) is 5.11. The summed E-state index contributed by atoms with van der Waals surface area (Å²) in [6.45, 7) is 0. The van der Waals surface area contributed by atoms with Gasteiger partial charge < -0.3 is 0 Å². The highest BCUT2D eigenvalue weighted by Gasteiger charge is 2.31. The summed E-state index contributed by atoms with van der Waals surface area (Å²) in [4.78, 5) is 23.5. The fourth-order valence-electron chi connectivity index (χ4n) is 2.69. The number of amides is 2. The van der Waals surface area contributed by atoms with Crippen LogP contribution in [0.25, 0.3) is 11.6 Å². The van der Waals surface area contributed by atoms with Crippen LogP contribution >= 0.6 is 0 Å². The van der Waals surface area contributed by atoms with Gasteiger partial charge in [-0.25, -0.2) is 0 Å². The van der Waals surface area contributed by atoms with E-state index in [9.17, 15) is 9.59 Å². The molecule has 4 rings (SSSR count). The SMILES string of the molecule is O=C1NC(=O)c2c1cccc2C1=Cc2ccccc21. The summed E-state index contributed by atoms with van der Waals surface area (Å²) in [5.74, 6) is -0.615. The van der Waals surface area contributed by atoms with E-state index in [1.807, 2.05) is 42.5 Å². The van der Waals surface area contributed by atoms with Crippen molar-refractivity contribution in [3.05, 3.63) is 70.3 Å². The molecule has 1 N–H and O–H groups in total. The molecule has 19 heavy (non-hydrogen) atoms. The van der Waals surface area contributed by atoms with Gasteiger partial charge in [-0.1, -0.05) is 36.4 Å². The Morgan fingerprint density at radius 1 is 0.737 bits per heavy atom. The van der Waals surface area contributed by atoms with Crippen LogP contribution in [0.4, 0.5) is 0 Å². The minimum Gasteiger partial charge on any atom is -0.288 e. The number of benzene rings is 2. The van der Waals surface area contributed by atoms with Crippen LogP contribution in [0.5, 0.6) is 0 Å². The van der Waals surface area contributed by atoms with Crippen LogP contribution in [0.1, 0.15) is 37.4 Å². The van der Waals surface area contributed by atoms with Gasteiger partial charge in [0.15, 0.2) is 0 Å². The lowest BCUT2D eigenvalue weighted by molar-refractivity contribution is 0.0879. The number of imide groups is 1. The normalized spacial score (nSPS) is 15.3. The van der Waals surface area contributed by atoms with Crippen molar-refractivity contribution in [1.29, 1.82) is 0 Å². The Kier molecular flexibility index (Phi) is 1.85. The summed E-state index contributed by atoms with van der Waals surface area (Å²) in [5, 5.41) is 2.34. The molecule has 3 nitrogen and oxygen atoms in total. The summed E-state index contributed by atoms with van der Waals surface area (Å²) >= 11 is 0. The average molecular weight is 247 g/mol. The van der Waals surface area contributed by atoms with Crippen molar-refractivity contribution in [1.82, 2.24) is 5.32 Å². The van der Waals surface area contributed by atoms with Crippen LogP contribution in [-0.2, 0) is 0 Å². The number of nitrogens with one attached hydrogen (secondary N) is 1. The Labute approximate surface area is 109 Å². The standard InChI is InChI=1S/C16H9NO2/c18-15-12-7-3-6-11(14(12)16(19)17-15)13-8-9-4-1-2-5-10(9)13/h1-8H,(H,17,18,19). The van der Waals surface area contributed by atoms with E-state index in [-0.39, 0.29) is 11.8 Å². The second-order valence-corrected chi connectivity index (χ2v) is 4.66. The first-order chi connectivity index (χ1) is 9.25. The van der Waals surface area contributed by atoms with Gasteiger partial charge in [0.2, 0.25) is 0 Å². The van der Waals surface area contributed by atoms with E-state index in [0.717, 1.165) is 16.7 Å². The van der Waals surface area contributed by atoms with Gasteiger partial charge in [-0.2, -0.15) is 0 Å². The molecule has 0 fully saturated rings. The van der Waals surface area contributed by atoms with Gasteiger partial charge >= 0.3 is 0 Å². The second kappa shape index (κ2) is 3.42. The van der Waals surface area contributed by atoms with Gasteiger partial charge in [-0.3, -0.25) is 14.9 Å². The highest BCUT2D eigenvalue weighted by atomic mass is 16.2. The van der Waals surface area contributed by atoms with E-state index in [0.29, 0.717) is 11.1 Å². The van der Waals surface area contributed by atoms with E-state index in [1.165, 1.54) is 5.56 Å². The van der Waals surface area contributed by atoms with Gasteiger partial charge in [0.25, 0.3) is 11.8 Å². The molecule has 90 valence electrons. The smallest absolute Gasteiger partial charge is 0.259 e. The van der Waals surface area contributed by atoms with Crippen molar-refractivity contribution in [2.45, 2.75) is 0 Å². The monoisotopic (exact) mass is 247 g/mol. The highest BCUT2D eigenvalue weighted by molar-refractivity contribution is 6.24. The van der Waals surface area contributed by atoms with Crippen molar-refractivity contribution < 1.29 is 9.59 Å². The van der Waals surface area contributed by atoms with Crippen LogP contribution in [0.15, 0.2) is 42.5 Å². The molecule has 0 atom stereocenters. The summed E-state index contributed by atoms with van der Waals surface area (Å²) in [6, 6.07) is 13.4. The quantitative estimate of drug-likeness (QED) is 0.671. The molecule has 2 aliphatic rings. The topological polar surface area (TPSA) is 46.2 Å². The molecule has 0 spiro atoms. The van der Waals surface area contributed by atoms with E-state index in [4.69, 9.17) is 0 Å². The first-order valence-electron chi connectivity index (χ1n) is 6.06. The van der Waals surface area contributed by atoms with Crippen LogP contribution in [-0.4, -0.2) is 11.8 Å². The summed E-state index contributed by atoms with van der Waals surface area (Å²) in [7, 11) is 0. The maximum absolute atomic E-state index is 11.9. The Bertz CT molecular complexity index is 787. The fraction of sp³-hybridized carbons (Fsp3) is 0. The molecule has 2 amide bonds. The molecule has 2 aromatic rings. The van der Waals surface area contributed by atoms with Crippen molar-refractivity contribution >= 4 is 23.5 Å². The molecule has 1 aliphatic carbocycles.